The molecule has 0 unspecified atom stereocenters. The van der Waals surface area contributed by atoms with E-state index in [-0.39, 0.29) is 6.04 Å². The van der Waals surface area contributed by atoms with Gasteiger partial charge in [-0.05, 0) is 60.5 Å². The van der Waals surface area contributed by atoms with Crippen molar-refractivity contribution in [2.24, 2.45) is 0 Å². The highest BCUT2D eigenvalue weighted by molar-refractivity contribution is 7.17. The first-order valence-electron chi connectivity index (χ1n) is 6.50. The number of carboxylic acids is 1. The number of thiophene rings is 1. The van der Waals surface area contributed by atoms with Crippen molar-refractivity contribution in [3.05, 3.63) is 47.5 Å². The summed E-state index contributed by atoms with van der Waals surface area (Å²) in [6, 6.07) is 12.0. The van der Waals surface area contributed by atoms with E-state index >= 15 is 0 Å². The molecule has 0 saturated heterocycles. The summed E-state index contributed by atoms with van der Waals surface area (Å²) >= 11 is 1.71. The van der Waals surface area contributed by atoms with Gasteiger partial charge in [0.1, 0.15) is 5.69 Å². The van der Waals surface area contributed by atoms with Gasteiger partial charge in [0.15, 0.2) is 0 Å². The van der Waals surface area contributed by atoms with Gasteiger partial charge in [0.2, 0.25) is 0 Å². The van der Waals surface area contributed by atoms with Gasteiger partial charge in [-0.15, -0.1) is 11.3 Å². The first kappa shape index (κ1) is 12.9. The molecule has 3 rings (SSSR count). The maximum atomic E-state index is 11.3. The summed E-state index contributed by atoms with van der Waals surface area (Å²) < 4.78 is 3.12. The third-order valence-electron chi connectivity index (χ3n) is 3.40. The number of hydrogen-bond acceptors (Lipinski definition) is 2. The van der Waals surface area contributed by atoms with Gasteiger partial charge in [0.25, 0.3) is 0 Å². The fourth-order valence-electron chi connectivity index (χ4n) is 2.54. The van der Waals surface area contributed by atoms with Crippen molar-refractivity contribution in [3.8, 4) is 11.3 Å². The van der Waals surface area contributed by atoms with Crippen LogP contribution in [-0.2, 0) is 0 Å². The lowest BCUT2D eigenvalue weighted by molar-refractivity contribution is 0.0683. The number of carboxylic acid groups (broad SMARTS) is 1. The molecule has 4 heteroatoms. The molecule has 0 radical (unpaired) electrons. The number of benzene rings is 1. The van der Waals surface area contributed by atoms with Crippen LogP contribution < -0.4 is 0 Å². The summed E-state index contributed by atoms with van der Waals surface area (Å²) in [5.74, 6) is -0.887. The Hall–Kier alpha value is -2.07. The minimum atomic E-state index is -0.887. The Morgan fingerprint density at radius 1 is 1.20 bits per heavy atom. The maximum Gasteiger partial charge on any atom is 0.352 e. The van der Waals surface area contributed by atoms with E-state index in [4.69, 9.17) is 0 Å². The second kappa shape index (κ2) is 4.80. The van der Waals surface area contributed by atoms with Crippen LogP contribution in [0.2, 0.25) is 0 Å². The molecule has 0 spiro atoms. The van der Waals surface area contributed by atoms with Crippen LogP contribution >= 0.6 is 11.3 Å². The molecule has 0 amide bonds. The third-order valence-corrected chi connectivity index (χ3v) is 4.30. The fourth-order valence-corrected chi connectivity index (χ4v) is 3.31. The Bertz CT molecular complexity index is 783. The quantitative estimate of drug-likeness (QED) is 0.761. The number of fused-ring (bicyclic) bond motifs is 1. The number of aromatic carboxylic acids is 1. The molecule has 20 heavy (non-hydrogen) atoms. The zero-order valence-corrected chi connectivity index (χ0v) is 12.1. The molecular formula is C16H15NO2S. The summed E-state index contributed by atoms with van der Waals surface area (Å²) in [5, 5.41) is 12.6. The highest BCUT2D eigenvalue weighted by Crippen LogP contribution is 2.30. The largest absolute Gasteiger partial charge is 0.477 e. The van der Waals surface area contributed by atoms with E-state index in [2.05, 4.69) is 29.6 Å². The van der Waals surface area contributed by atoms with Crippen LogP contribution in [0.3, 0.4) is 0 Å². The predicted octanol–water partition coefficient (Wildman–Crippen LogP) is 4.65. The second-order valence-corrected chi connectivity index (χ2v) is 5.99. The fraction of sp³-hybridized carbons (Fsp3) is 0.188. The second-order valence-electron chi connectivity index (χ2n) is 5.05. The number of nitrogens with zero attached hydrogens (tertiary/aromatic N) is 1. The van der Waals surface area contributed by atoms with E-state index < -0.39 is 5.97 Å². The molecule has 0 fully saturated rings. The predicted molar refractivity (Wildman–Crippen MR) is 82.6 cm³/mol. The highest BCUT2D eigenvalue weighted by atomic mass is 32.1. The van der Waals surface area contributed by atoms with Crippen LogP contribution in [0.4, 0.5) is 0 Å². The molecule has 2 heterocycles. The zero-order chi connectivity index (χ0) is 14.3. The summed E-state index contributed by atoms with van der Waals surface area (Å²) in [5.41, 5.74) is 2.34. The van der Waals surface area contributed by atoms with Crippen molar-refractivity contribution < 1.29 is 9.90 Å². The molecule has 0 atom stereocenters. The van der Waals surface area contributed by atoms with Gasteiger partial charge in [-0.3, -0.25) is 0 Å². The smallest absolute Gasteiger partial charge is 0.352 e. The summed E-state index contributed by atoms with van der Waals surface area (Å²) in [6.45, 7) is 4.00. The standard InChI is InChI=1S/C16H15NO2S/c1-10(2)17-13(4-5-14(17)16(18)19)11-3-6-15-12(9-11)7-8-20-15/h3-10H,1-2H3,(H,18,19). The topological polar surface area (TPSA) is 42.2 Å². The minimum absolute atomic E-state index is 0.101. The van der Waals surface area contributed by atoms with Crippen molar-refractivity contribution in [2.75, 3.05) is 0 Å². The lowest BCUT2D eigenvalue weighted by atomic mass is 10.1. The van der Waals surface area contributed by atoms with Gasteiger partial charge >= 0.3 is 5.97 Å². The number of rotatable bonds is 3. The van der Waals surface area contributed by atoms with Gasteiger partial charge < -0.3 is 9.67 Å². The lowest BCUT2D eigenvalue weighted by Gasteiger charge is -2.15. The van der Waals surface area contributed by atoms with E-state index in [0.29, 0.717) is 5.69 Å². The Kier molecular flexibility index (Phi) is 3.10. The third kappa shape index (κ3) is 2.02. The molecule has 0 aliphatic rings. The summed E-state index contributed by atoms with van der Waals surface area (Å²) in [4.78, 5) is 11.3. The molecule has 0 bridgehead atoms. The normalized spacial score (nSPS) is 11.3. The van der Waals surface area contributed by atoms with Gasteiger partial charge in [-0.2, -0.15) is 0 Å². The van der Waals surface area contributed by atoms with E-state index in [0.717, 1.165) is 11.3 Å². The van der Waals surface area contributed by atoms with Gasteiger partial charge in [-0.1, -0.05) is 6.07 Å². The number of aromatic nitrogens is 1. The van der Waals surface area contributed by atoms with Crippen LogP contribution in [0.25, 0.3) is 21.3 Å². The Labute approximate surface area is 121 Å². The SMILES string of the molecule is CC(C)n1c(C(=O)O)ccc1-c1ccc2sccc2c1. The molecule has 0 aliphatic carbocycles. The molecular weight excluding hydrogens is 270 g/mol. The maximum absolute atomic E-state index is 11.3. The van der Waals surface area contributed by atoms with E-state index in [9.17, 15) is 9.90 Å². The molecule has 102 valence electrons. The van der Waals surface area contributed by atoms with Gasteiger partial charge in [-0.25, -0.2) is 4.79 Å². The van der Waals surface area contributed by atoms with Crippen molar-refractivity contribution in [1.82, 2.24) is 4.57 Å². The average molecular weight is 285 g/mol. The van der Waals surface area contributed by atoms with E-state index in [1.165, 1.54) is 10.1 Å². The van der Waals surface area contributed by atoms with Crippen LogP contribution in [-0.4, -0.2) is 15.6 Å². The Balaban J connectivity index is 2.20. The van der Waals surface area contributed by atoms with Crippen LogP contribution in [0, 0.1) is 0 Å². The van der Waals surface area contributed by atoms with Crippen molar-refractivity contribution in [3.63, 3.8) is 0 Å². The van der Waals surface area contributed by atoms with Gasteiger partial charge in [0.05, 0.1) is 0 Å². The van der Waals surface area contributed by atoms with E-state index in [1.807, 2.05) is 24.5 Å². The summed E-state index contributed by atoms with van der Waals surface area (Å²) in [6.07, 6.45) is 0. The van der Waals surface area contributed by atoms with Crippen molar-refractivity contribution >= 4 is 27.4 Å². The van der Waals surface area contributed by atoms with Gasteiger partial charge in [0, 0.05) is 16.4 Å². The zero-order valence-electron chi connectivity index (χ0n) is 11.3. The lowest BCUT2D eigenvalue weighted by Crippen LogP contribution is -2.11. The average Bonchev–Trinajstić information content (AvgIpc) is 3.04. The van der Waals surface area contributed by atoms with Crippen LogP contribution in [0.15, 0.2) is 41.8 Å². The monoisotopic (exact) mass is 285 g/mol. The van der Waals surface area contributed by atoms with Crippen molar-refractivity contribution in [2.45, 2.75) is 19.9 Å². The van der Waals surface area contributed by atoms with Crippen LogP contribution in [0.5, 0.6) is 0 Å². The first-order valence-corrected chi connectivity index (χ1v) is 7.38. The molecule has 3 nitrogen and oxygen atoms in total. The highest BCUT2D eigenvalue weighted by Gasteiger charge is 2.17. The molecule has 3 aromatic rings. The van der Waals surface area contributed by atoms with Crippen LogP contribution in [0.1, 0.15) is 30.4 Å². The Morgan fingerprint density at radius 3 is 2.70 bits per heavy atom. The minimum Gasteiger partial charge on any atom is -0.477 e. The summed E-state index contributed by atoms with van der Waals surface area (Å²) in [7, 11) is 0. The Morgan fingerprint density at radius 2 is 2.00 bits per heavy atom. The first-order chi connectivity index (χ1) is 9.58. The van der Waals surface area contributed by atoms with Crippen molar-refractivity contribution in [1.29, 1.82) is 0 Å². The molecule has 0 aliphatic heterocycles. The van der Waals surface area contributed by atoms with E-state index in [1.54, 1.807) is 17.4 Å². The molecule has 2 aromatic heterocycles. The number of carbonyl (C=O) groups is 1. The molecule has 0 saturated carbocycles. The molecule has 1 N–H and O–H groups in total. The number of hydrogen-bond donors (Lipinski definition) is 1. The molecule has 1 aromatic carbocycles.